The summed E-state index contributed by atoms with van der Waals surface area (Å²) in [5, 5.41) is 6.45. The maximum atomic E-state index is 12.2. The molecule has 1 rings (SSSR count). The molecule has 0 fully saturated rings. The van der Waals surface area contributed by atoms with Crippen LogP contribution in [0.3, 0.4) is 0 Å². The first-order valence-corrected chi connectivity index (χ1v) is 7.41. The van der Waals surface area contributed by atoms with Crippen LogP contribution in [-0.4, -0.2) is 38.5 Å². The Morgan fingerprint density at radius 3 is 2.58 bits per heavy atom. The van der Waals surface area contributed by atoms with Gasteiger partial charge in [0.15, 0.2) is 18.1 Å². The summed E-state index contributed by atoms with van der Waals surface area (Å²) in [6, 6.07) is 4.35. The molecule has 0 bridgehead atoms. The lowest BCUT2D eigenvalue weighted by Gasteiger charge is -2.16. The number of hydrogen-bond acceptors (Lipinski definition) is 5. The molecule has 0 aliphatic carbocycles. The molecule has 8 heteroatoms. The number of oxime groups is 1. The van der Waals surface area contributed by atoms with Gasteiger partial charge in [0.05, 0.1) is 13.3 Å². The molecule has 1 atom stereocenters. The van der Waals surface area contributed by atoms with Crippen LogP contribution in [0.25, 0.3) is 0 Å². The van der Waals surface area contributed by atoms with Gasteiger partial charge in [0.25, 0.3) is 5.91 Å². The molecule has 6 nitrogen and oxygen atoms in total. The van der Waals surface area contributed by atoms with Crippen LogP contribution < -0.4 is 14.8 Å². The summed E-state index contributed by atoms with van der Waals surface area (Å²) in [7, 11) is 1.34. The second-order valence-electron chi connectivity index (χ2n) is 5.40. The first-order valence-electron chi connectivity index (χ1n) is 7.41. The largest absolute Gasteiger partial charge is 0.493 e. The number of ether oxygens (including phenoxy) is 2. The normalized spacial score (nSPS) is 12.5. The van der Waals surface area contributed by atoms with Crippen LogP contribution in [-0.2, 0) is 9.63 Å². The van der Waals surface area contributed by atoms with Crippen LogP contribution in [0.2, 0.25) is 0 Å². The highest BCUT2D eigenvalue weighted by molar-refractivity contribution is 5.81. The minimum Gasteiger partial charge on any atom is -0.493 e. The van der Waals surface area contributed by atoms with E-state index in [0.29, 0.717) is 11.5 Å². The third kappa shape index (κ3) is 6.80. The Kier molecular flexibility index (Phi) is 7.94. The van der Waals surface area contributed by atoms with E-state index < -0.39 is 6.61 Å². The predicted molar refractivity (Wildman–Crippen MR) is 85.6 cm³/mol. The topological polar surface area (TPSA) is 69.2 Å². The Bertz CT molecular complexity index is 565. The zero-order valence-electron chi connectivity index (χ0n) is 14.1. The molecule has 1 unspecified atom stereocenters. The van der Waals surface area contributed by atoms with Crippen molar-refractivity contribution in [3.8, 4) is 11.5 Å². The van der Waals surface area contributed by atoms with Crippen molar-refractivity contribution in [2.45, 2.75) is 33.4 Å². The molecular formula is C16H22F2N2O4. The monoisotopic (exact) mass is 344 g/mol. The van der Waals surface area contributed by atoms with E-state index in [2.05, 4.69) is 15.2 Å². The van der Waals surface area contributed by atoms with Gasteiger partial charge >= 0.3 is 6.61 Å². The van der Waals surface area contributed by atoms with Crippen molar-refractivity contribution in [2.75, 3.05) is 13.7 Å². The van der Waals surface area contributed by atoms with Gasteiger partial charge in [0.1, 0.15) is 0 Å². The molecule has 0 aromatic heterocycles. The third-order valence-corrected chi connectivity index (χ3v) is 3.26. The minimum atomic E-state index is -2.94. The van der Waals surface area contributed by atoms with Gasteiger partial charge in [-0.2, -0.15) is 8.78 Å². The Morgan fingerprint density at radius 1 is 1.29 bits per heavy atom. The molecule has 1 amide bonds. The molecule has 1 aromatic carbocycles. The van der Waals surface area contributed by atoms with Crippen LogP contribution in [0, 0.1) is 5.92 Å². The third-order valence-electron chi connectivity index (χ3n) is 3.26. The maximum Gasteiger partial charge on any atom is 0.387 e. The van der Waals surface area contributed by atoms with Crippen molar-refractivity contribution in [1.82, 2.24) is 5.32 Å². The Labute approximate surface area is 139 Å². The van der Waals surface area contributed by atoms with Gasteiger partial charge in [-0.15, -0.1) is 0 Å². The summed E-state index contributed by atoms with van der Waals surface area (Å²) < 4.78 is 33.8. The van der Waals surface area contributed by atoms with Gasteiger partial charge in [-0.1, -0.05) is 19.0 Å². The molecule has 0 heterocycles. The number of halogens is 2. The zero-order chi connectivity index (χ0) is 18.1. The van der Waals surface area contributed by atoms with E-state index in [0.717, 1.165) is 0 Å². The highest BCUT2D eigenvalue weighted by atomic mass is 19.3. The van der Waals surface area contributed by atoms with Crippen molar-refractivity contribution in [2.24, 2.45) is 11.1 Å². The minimum absolute atomic E-state index is 0.0386. The number of benzene rings is 1. The SMILES string of the molecule is COc1cc(C=NOCC(=O)NC(C)C(C)C)ccc1OC(F)F. The van der Waals surface area contributed by atoms with Crippen molar-refractivity contribution in [3.63, 3.8) is 0 Å². The summed E-state index contributed by atoms with van der Waals surface area (Å²) in [5.74, 6) is 0.112. The number of methoxy groups -OCH3 is 1. The molecule has 1 aromatic rings. The van der Waals surface area contributed by atoms with Crippen LogP contribution in [0.1, 0.15) is 26.3 Å². The molecule has 0 saturated heterocycles. The highest BCUT2D eigenvalue weighted by Crippen LogP contribution is 2.28. The van der Waals surface area contributed by atoms with Gasteiger partial charge in [-0.05, 0) is 31.0 Å². The second kappa shape index (κ2) is 9.69. The Balaban J connectivity index is 2.54. The summed E-state index contributed by atoms with van der Waals surface area (Å²) in [5.41, 5.74) is 0.546. The van der Waals surface area contributed by atoms with Crippen LogP contribution >= 0.6 is 0 Å². The van der Waals surface area contributed by atoms with Crippen LogP contribution in [0.5, 0.6) is 11.5 Å². The summed E-state index contributed by atoms with van der Waals surface area (Å²) in [6.07, 6.45) is 1.34. The molecule has 0 aliphatic rings. The van der Waals surface area contributed by atoms with Gasteiger partial charge in [-0.3, -0.25) is 4.79 Å². The molecule has 0 saturated carbocycles. The van der Waals surface area contributed by atoms with Crippen molar-refractivity contribution < 1.29 is 27.9 Å². The number of nitrogens with one attached hydrogen (secondary N) is 1. The fourth-order valence-electron chi connectivity index (χ4n) is 1.61. The van der Waals surface area contributed by atoms with E-state index in [1.165, 1.54) is 31.5 Å². The maximum absolute atomic E-state index is 12.2. The van der Waals surface area contributed by atoms with Gasteiger partial charge in [-0.25, -0.2) is 0 Å². The van der Waals surface area contributed by atoms with E-state index in [1.807, 2.05) is 20.8 Å². The number of hydrogen-bond donors (Lipinski definition) is 1. The number of rotatable bonds is 9. The van der Waals surface area contributed by atoms with Crippen molar-refractivity contribution in [1.29, 1.82) is 0 Å². The van der Waals surface area contributed by atoms with Crippen LogP contribution in [0.15, 0.2) is 23.4 Å². The lowest BCUT2D eigenvalue weighted by Crippen LogP contribution is -2.38. The molecule has 24 heavy (non-hydrogen) atoms. The highest BCUT2D eigenvalue weighted by Gasteiger charge is 2.11. The van der Waals surface area contributed by atoms with E-state index in [1.54, 1.807) is 0 Å². The second-order valence-corrected chi connectivity index (χ2v) is 5.40. The van der Waals surface area contributed by atoms with Gasteiger partial charge < -0.3 is 19.6 Å². The number of carbonyl (C=O) groups excluding carboxylic acids is 1. The number of amides is 1. The lowest BCUT2D eigenvalue weighted by molar-refractivity contribution is -0.126. The average Bonchev–Trinajstić information content (AvgIpc) is 2.52. The first-order chi connectivity index (χ1) is 11.3. The van der Waals surface area contributed by atoms with Gasteiger partial charge in [0, 0.05) is 11.6 Å². The molecule has 1 N–H and O–H groups in total. The lowest BCUT2D eigenvalue weighted by atomic mass is 10.1. The Morgan fingerprint density at radius 2 is 2.00 bits per heavy atom. The molecular weight excluding hydrogens is 322 g/mol. The fraction of sp³-hybridized carbons (Fsp3) is 0.500. The summed E-state index contributed by atoms with van der Waals surface area (Å²) in [6.45, 7) is 2.75. The first kappa shape index (κ1) is 19.7. The standard InChI is InChI=1S/C16H22F2N2O4/c1-10(2)11(3)20-15(21)9-23-19-8-12-5-6-13(24-16(17)18)14(7-12)22-4/h5-8,10-11,16H,9H2,1-4H3,(H,20,21). The molecule has 0 spiro atoms. The summed E-state index contributed by atoms with van der Waals surface area (Å²) >= 11 is 0. The molecule has 0 aliphatic heterocycles. The van der Waals surface area contributed by atoms with Crippen molar-refractivity contribution >= 4 is 12.1 Å². The van der Waals surface area contributed by atoms with Gasteiger partial charge in [0.2, 0.25) is 0 Å². The summed E-state index contributed by atoms with van der Waals surface area (Å²) in [4.78, 5) is 16.5. The number of nitrogens with zero attached hydrogens (tertiary/aromatic N) is 1. The average molecular weight is 344 g/mol. The number of alkyl halides is 2. The smallest absolute Gasteiger partial charge is 0.387 e. The fourth-order valence-corrected chi connectivity index (χ4v) is 1.61. The van der Waals surface area contributed by atoms with Crippen LogP contribution in [0.4, 0.5) is 8.78 Å². The van der Waals surface area contributed by atoms with Crippen molar-refractivity contribution in [3.05, 3.63) is 23.8 Å². The Hall–Kier alpha value is -2.38. The van der Waals surface area contributed by atoms with E-state index in [9.17, 15) is 13.6 Å². The van der Waals surface area contributed by atoms with E-state index in [4.69, 9.17) is 9.57 Å². The molecule has 0 radical (unpaired) electrons. The number of carbonyl (C=O) groups is 1. The zero-order valence-corrected chi connectivity index (χ0v) is 14.1. The van der Waals surface area contributed by atoms with E-state index >= 15 is 0 Å². The van der Waals surface area contributed by atoms with E-state index in [-0.39, 0.29) is 30.1 Å². The molecule has 134 valence electrons. The quantitative estimate of drug-likeness (QED) is 0.552. The predicted octanol–water partition coefficient (Wildman–Crippen LogP) is 2.81.